The summed E-state index contributed by atoms with van der Waals surface area (Å²) in [6.45, 7) is 0.504. The number of nitrogens with two attached hydrogens (primary N) is 1. The first-order valence-electron chi connectivity index (χ1n) is 5.25. The molecule has 90 valence electrons. The smallest absolute Gasteiger partial charge is 0.320 e. The van der Waals surface area contributed by atoms with E-state index in [2.05, 4.69) is 15.5 Å². The van der Waals surface area contributed by atoms with Gasteiger partial charge in [0.15, 0.2) is 0 Å². The van der Waals surface area contributed by atoms with Crippen molar-refractivity contribution in [1.29, 1.82) is 0 Å². The normalized spacial score (nSPS) is 10.5. The average Bonchev–Trinajstić information content (AvgIpc) is 2.78. The van der Waals surface area contributed by atoms with Gasteiger partial charge in [0.1, 0.15) is 0 Å². The highest BCUT2D eigenvalue weighted by molar-refractivity contribution is 7.98. The highest BCUT2D eigenvalue weighted by Gasteiger charge is 2.04. The Labute approximate surface area is 104 Å². The van der Waals surface area contributed by atoms with E-state index in [4.69, 9.17) is 10.2 Å². The maximum Gasteiger partial charge on any atom is 0.320 e. The van der Waals surface area contributed by atoms with E-state index in [1.807, 2.05) is 30.5 Å². The predicted molar refractivity (Wildman–Crippen MR) is 68.6 cm³/mol. The van der Waals surface area contributed by atoms with E-state index in [-0.39, 0.29) is 0 Å². The molecule has 0 spiro atoms. The van der Waals surface area contributed by atoms with Gasteiger partial charge < -0.3 is 15.5 Å². The van der Waals surface area contributed by atoms with Crippen molar-refractivity contribution in [3.05, 3.63) is 30.2 Å². The fourth-order valence-electron chi connectivity index (χ4n) is 1.33. The lowest BCUT2D eigenvalue weighted by Gasteiger charge is -2.01. The van der Waals surface area contributed by atoms with Crippen LogP contribution in [0.15, 0.2) is 33.6 Å². The number of hydrogen-bond donors (Lipinski definition) is 2. The Balaban J connectivity index is 2.03. The maximum atomic E-state index is 5.40. The van der Waals surface area contributed by atoms with Crippen LogP contribution in [-0.4, -0.2) is 23.0 Å². The Morgan fingerprint density at radius 2 is 2.06 bits per heavy atom. The minimum absolute atomic E-state index is 0.394. The van der Waals surface area contributed by atoms with Crippen LogP contribution in [0.25, 0.3) is 0 Å². The van der Waals surface area contributed by atoms with Crippen LogP contribution in [0, 0.1) is 0 Å². The van der Waals surface area contributed by atoms with E-state index in [1.54, 1.807) is 11.8 Å². The number of hydrogen-bond acceptors (Lipinski definition) is 6. The molecule has 0 bridgehead atoms. The van der Waals surface area contributed by atoms with E-state index in [0.717, 1.165) is 5.69 Å². The lowest BCUT2D eigenvalue weighted by atomic mass is 10.3. The Bertz CT molecular complexity index is 469. The van der Waals surface area contributed by atoms with Crippen LogP contribution in [0.4, 0.5) is 11.7 Å². The number of nitrogens with one attached hydrogen (secondary N) is 1. The van der Waals surface area contributed by atoms with Crippen LogP contribution < -0.4 is 11.1 Å². The highest BCUT2D eigenvalue weighted by Crippen LogP contribution is 2.20. The van der Waals surface area contributed by atoms with Crippen molar-refractivity contribution in [2.75, 3.05) is 18.1 Å². The van der Waals surface area contributed by atoms with Crippen molar-refractivity contribution in [2.45, 2.75) is 11.3 Å². The van der Waals surface area contributed by atoms with E-state index in [0.29, 0.717) is 24.9 Å². The van der Waals surface area contributed by atoms with Crippen molar-refractivity contribution in [2.24, 2.45) is 5.73 Å². The van der Waals surface area contributed by atoms with E-state index >= 15 is 0 Å². The molecular weight excluding hydrogens is 236 g/mol. The van der Waals surface area contributed by atoms with E-state index in [9.17, 15) is 0 Å². The lowest BCUT2D eigenvalue weighted by Crippen LogP contribution is -2.02. The van der Waals surface area contributed by atoms with Gasteiger partial charge >= 0.3 is 6.01 Å². The van der Waals surface area contributed by atoms with Gasteiger partial charge in [-0.3, -0.25) is 0 Å². The first kappa shape index (κ1) is 11.9. The van der Waals surface area contributed by atoms with Gasteiger partial charge in [0.05, 0.1) is 0 Å². The third-order valence-corrected chi connectivity index (χ3v) is 2.91. The molecule has 0 atom stereocenters. The molecule has 1 heterocycles. The third-order valence-electron chi connectivity index (χ3n) is 2.17. The van der Waals surface area contributed by atoms with Crippen LogP contribution >= 0.6 is 11.8 Å². The predicted octanol–water partition coefficient (Wildman–Crippen LogP) is 2.04. The van der Waals surface area contributed by atoms with Crippen molar-refractivity contribution >= 4 is 23.5 Å². The molecule has 0 radical (unpaired) electrons. The van der Waals surface area contributed by atoms with E-state index in [1.165, 1.54) is 4.90 Å². The summed E-state index contributed by atoms with van der Waals surface area (Å²) >= 11 is 1.70. The molecule has 6 heteroatoms. The summed E-state index contributed by atoms with van der Waals surface area (Å²) in [4.78, 5) is 1.21. The Kier molecular flexibility index (Phi) is 4.00. The molecule has 0 saturated heterocycles. The van der Waals surface area contributed by atoms with Gasteiger partial charge in [-0.1, -0.05) is 5.10 Å². The number of benzene rings is 1. The number of nitrogens with zero attached hydrogens (tertiary/aromatic N) is 2. The molecule has 0 aliphatic heterocycles. The van der Waals surface area contributed by atoms with Gasteiger partial charge in [-0.2, -0.15) is 0 Å². The number of rotatable bonds is 5. The standard InChI is InChI=1S/C11H14N4OS/c1-17-9-4-2-8(3-5-9)13-11-15-14-10(16-11)6-7-12/h2-5H,6-7,12H2,1H3,(H,13,15). The monoisotopic (exact) mass is 250 g/mol. The second-order valence-corrected chi connectivity index (χ2v) is 4.27. The molecule has 3 N–H and O–H groups in total. The van der Waals surface area contributed by atoms with Crippen molar-refractivity contribution in [1.82, 2.24) is 10.2 Å². The Morgan fingerprint density at radius 3 is 2.71 bits per heavy atom. The number of anilines is 2. The SMILES string of the molecule is CSc1ccc(Nc2nnc(CCN)o2)cc1. The van der Waals surface area contributed by atoms with Crippen LogP contribution in [0.2, 0.25) is 0 Å². The minimum Gasteiger partial charge on any atom is -0.408 e. The molecule has 0 saturated carbocycles. The molecule has 5 nitrogen and oxygen atoms in total. The zero-order valence-electron chi connectivity index (χ0n) is 9.51. The summed E-state index contributed by atoms with van der Waals surface area (Å²) in [7, 11) is 0. The van der Waals surface area contributed by atoms with Crippen LogP contribution in [0.1, 0.15) is 5.89 Å². The summed E-state index contributed by atoms with van der Waals surface area (Å²) in [5.41, 5.74) is 6.33. The zero-order valence-corrected chi connectivity index (χ0v) is 10.3. The molecule has 2 aromatic rings. The second-order valence-electron chi connectivity index (χ2n) is 3.39. The van der Waals surface area contributed by atoms with Gasteiger partial charge in [-0.25, -0.2) is 0 Å². The second kappa shape index (κ2) is 5.70. The van der Waals surface area contributed by atoms with Crippen LogP contribution in [0.5, 0.6) is 0 Å². The summed E-state index contributed by atoms with van der Waals surface area (Å²) in [6, 6.07) is 8.40. The van der Waals surface area contributed by atoms with Crippen LogP contribution in [-0.2, 0) is 6.42 Å². The molecule has 0 aliphatic carbocycles. The molecular formula is C11H14N4OS. The largest absolute Gasteiger partial charge is 0.408 e. The van der Waals surface area contributed by atoms with Crippen molar-refractivity contribution in [3.63, 3.8) is 0 Å². The summed E-state index contributed by atoms with van der Waals surface area (Å²) in [6.07, 6.45) is 2.64. The fourth-order valence-corrected chi connectivity index (χ4v) is 1.73. The van der Waals surface area contributed by atoms with Gasteiger partial charge in [-0.05, 0) is 30.5 Å². The first-order chi connectivity index (χ1) is 8.31. The zero-order chi connectivity index (χ0) is 12.1. The average molecular weight is 250 g/mol. The molecule has 0 amide bonds. The minimum atomic E-state index is 0.394. The van der Waals surface area contributed by atoms with E-state index < -0.39 is 0 Å². The van der Waals surface area contributed by atoms with Crippen molar-refractivity contribution in [3.8, 4) is 0 Å². The summed E-state index contributed by atoms with van der Waals surface area (Å²) in [5, 5.41) is 10.8. The fraction of sp³-hybridized carbons (Fsp3) is 0.273. The topological polar surface area (TPSA) is 77.0 Å². The third kappa shape index (κ3) is 3.21. The maximum absolute atomic E-state index is 5.40. The molecule has 0 unspecified atom stereocenters. The van der Waals surface area contributed by atoms with Crippen molar-refractivity contribution < 1.29 is 4.42 Å². The van der Waals surface area contributed by atoms with Gasteiger partial charge in [-0.15, -0.1) is 16.9 Å². The highest BCUT2D eigenvalue weighted by atomic mass is 32.2. The summed E-state index contributed by atoms with van der Waals surface area (Å²) in [5.74, 6) is 0.552. The molecule has 1 aromatic carbocycles. The molecule has 17 heavy (non-hydrogen) atoms. The molecule has 0 aliphatic rings. The lowest BCUT2D eigenvalue weighted by molar-refractivity contribution is 0.510. The molecule has 2 rings (SSSR count). The van der Waals surface area contributed by atoms with Gasteiger partial charge in [0.25, 0.3) is 0 Å². The number of thioether (sulfide) groups is 1. The number of aromatic nitrogens is 2. The first-order valence-corrected chi connectivity index (χ1v) is 6.48. The van der Waals surface area contributed by atoms with Gasteiger partial charge in [0, 0.05) is 23.5 Å². The Morgan fingerprint density at radius 1 is 1.29 bits per heavy atom. The summed E-state index contributed by atoms with van der Waals surface area (Å²) < 4.78 is 5.37. The molecule has 1 aromatic heterocycles. The van der Waals surface area contributed by atoms with Crippen LogP contribution in [0.3, 0.4) is 0 Å². The quantitative estimate of drug-likeness (QED) is 0.791. The van der Waals surface area contributed by atoms with Gasteiger partial charge in [0.2, 0.25) is 5.89 Å². The molecule has 0 fully saturated rings. The Hall–Kier alpha value is -1.53.